The van der Waals surface area contributed by atoms with Gasteiger partial charge in [0.25, 0.3) is 11.8 Å². The lowest BCUT2D eigenvalue weighted by Crippen LogP contribution is -2.58. The zero-order valence-corrected chi connectivity index (χ0v) is 19.4. The zero-order valence-electron chi connectivity index (χ0n) is 19.4. The number of carbonyl (C=O) groups is 1. The summed E-state index contributed by atoms with van der Waals surface area (Å²) in [6, 6.07) is -0.910. The number of pyridine rings is 1. The van der Waals surface area contributed by atoms with E-state index in [9.17, 15) is 35.5 Å². The topological polar surface area (TPSA) is 107 Å². The van der Waals surface area contributed by atoms with Gasteiger partial charge in [0.15, 0.2) is 17.5 Å². The number of rotatable bonds is 6. The third-order valence-corrected chi connectivity index (χ3v) is 5.51. The van der Waals surface area contributed by atoms with Gasteiger partial charge < -0.3 is 15.4 Å². The molecule has 0 spiro atoms. The number of piperidine rings is 1. The summed E-state index contributed by atoms with van der Waals surface area (Å²) in [6.45, 7) is -0.250. The highest BCUT2D eigenvalue weighted by atomic mass is 19.4. The molecule has 0 aliphatic carbocycles. The Hall–Kier alpha value is -3.78. The molecule has 1 aliphatic rings. The number of carbonyl (C=O) groups excluding carboxylic acids is 1. The number of aromatic nitrogens is 3. The first-order valence-corrected chi connectivity index (χ1v) is 10.7. The molecule has 1 fully saturated rings. The van der Waals surface area contributed by atoms with Crippen molar-refractivity contribution in [3.8, 4) is 5.88 Å². The van der Waals surface area contributed by atoms with Gasteiger partial charge in [0, 0.05) is 25.9 Å². The van der Waals surface area contributed by atoms with Crippen LogP contribution >= 0.6 is 0 Å². The average Bonchev–Trinajstić information content (AvgIpc) is 2.81. The standard InChI is InChI=1S/C22H21F7N6O2/c1-11-4-21(25,26)10-35(16(11)9-37-19-15(24)3-12(5-34-19)22(27,28)29)20(36)17(30)14(8-31-2)18-32-6-13(23)7-33-18/h3,5-8,11,16H,4,9-10,30H2,1-2H3/t11-,16-/m1/s1. The molecule has 2 aromatic heterocycles. The Kier molecular flexibility index (Phi) is 8.03. The molecule has 3 heterocycles. The predicted octanol–water partition coefficient (Wildman–Crippen LogP) is 3.49. The van der Waals surface area contributed by atoms with Gasteiger partial charge in [-0.15, -0.1) is 0 Å². The molecule has 8 nitrogen and oxygen atoms in total. The number of nitrogens with zero attached hydrogens (tertiary/aromatic N) is 5. The first-order chi connectivity index (χ1) is 17.2. The summed E-state index contributed by atoms with van der Waals surface area (Å²) in [5.41, 5.74) is 3.91. The molecular formula is C22H21F7N6O2. The molecule has 200 valence electrons. The molecule has 1 amide bonds. The highest BCUT2D eigenvalue weighted by molar-refractivity contribution is 6.17. The molecule has 15 heteroatoms. The fraction of sp³-hybridized carbons (Fsp3) is 0.409. The SMILES string of the molecule is CN=CC(=C(N)C(=O)N1CC(F)(F)C[C@@H](C)[C@H]1COc1ncc(C(F)(F)F)cc1F)c1ncc(F)cn1. The van der Waals surface area contributed by atoms with Crippen LogP contribution in [0.1, 0.15) is 24.7 Å². The maximum atomic E-state index is 14.4. The van der Waals surface area contributed by atoms with E-state index in [0.717, 1.165) is 23.5 Å². The largest absolute Gasteiger partial charge is 0.473 e. The summed E-state index contributed by atoms with van der Waals surface area (Å²) in [6.07, 6.45) is -2.41. The Bertz CT molecular complexity index is 1200. The molecule has 1 aliphatic heterocycles. The highest BCUT2D eigenvalue weighted by Gasteiger charge is 2.47. The molecule has 0 aromatic carbocycles. The van der Waals surface area contributed by atoms with Crippen molar-refractivity contribution in [2.75, 3.05) is 20.2 Å². The van der Waals surface area contributed by atoms with Gasteiger partial charge in [0.2, 0.25) is 5.88 Å². The molecule has 2 aromatic rings. The van der Waals surface area contributed by atoms with Gasteiger partial charge in [0.05, 0.1) is 36.1 Å². The highest BCUT2D eigenvalue weighted by Crippen LogP contribution is 2.36. The van der Waals surface area contributed by atoms with Crippen LogP contribution in [0.25, 0.3) is 5.57 Å². The van der Waals surface area contributed by atoms with Crippen molar-refractivity contribution in [3.05, 3.63) is 53.4 Å². The molecule has 0 unspecified atom stereocenters. The molecule has 2 N–H and O–H groups in total. The normalized spacial score (nSPS) is 20.6. The van der Waals surface area contributed by atoms with Crippen molar-refractivity contribution in [1.82, 2.24) is 19.9 Å². The van der Waals surface area contributed by atoms with Crippen LogP contribution in [0.4, 0.5) is 30.7 Å². The van der Waals surface area contributed by atoms with Crippen LogP contribution in [0.3, 0.4) is 0 Å². The quantitative estimate of drug-likeness (QED) is 0.346. The third-order valence-electron chi connectivity index (χ3n) is 5.51. The number of halogens is 7. The van der Waals surface area contributed by atoms with Gasteiger partial charge in [-0.3, -0.25) is 9.79 Å². The van der Waals surface area contributed by atoms with Gasteiger partial charge in [0.1, 0.15) is 12.3 Å². The third kappa shape index (κ3) is 6.51. The van der Waals surface area contributed by atoms with E-state index in [-0.39, 0.29) is 17.5 Å². The Morgan fingerprint density at radius 3 is 2.46 bits per heavy atom. The Balaban J connectivity index is 1.92. The van der Waals surface area contributed by atoms with Crippen LogP contribution in [0, 0.1) is 17.6 Å². The van der Waals surface area contributed by atoms with E-state index in [0.29, 0.717) is 6.20 Å². The first-order valence-electron chi connectivity index (χ1n) is 10.7. The Labute approximate surface area is 206 Å². The van der Waals surface area contributed by atoms with E-state index in [1.165, 1.54) is 14.0 Å². The van der Waals surface area contributed by atoms with Gasteiger partial charge in [-0.2, -0.15) is 13.2 Å². The van der Waals surface area contributed by atoms with Crippen molar-refractivity contribution in [1.29, 1.82) is 0 Å². The number of hydrogen-bond donors (Lipinski definition) is 1. The minimum absolute atomic E-state index is 0.163. The fourth-order valence-electron chi connectivity index (χ4n) is 3.77. The van der Waals surface area contributed by atoms with Crippen molar-refractivity contribution in [3.63, 3.8) is 0 Å². The predicted molar refractivity (Wildman–Crippen MR) is 116 cm³/mol. The smallest absolute Gasteiger partial charge is 0.417 e. The van der Waals surface area contributed by atoms with Crippen molar-refractivity contribution < 1.29 is 40.3 Å². The molecule has 37 heavy (non-hydrogen) atoms. The maximum Gasteiger partial charge on any atom is 0.417 e. The van der Waals surface area contributed by atoms with E-state index in [4.69, 9.17) is 10.5 Å². The zero-order chi connectivity index (χ0) is 27.5. The van der Waals surface area contributed by atoms with Crippen LogP contribution in [0.5, 0.6) is 5.88 Å². The number of allylic oxidation sites excluding steroid dienone is 1. The summed E-state index contributed by atoms with van der Waals surface area (Å²) in [4.78, 5) is 28.5. The molecule has 1 saturated heterocycles. The van der Waals surface area contributed by atoms with Gasteiger partial charge in [-0.1, -0.05) is 6.92 Å². The van der Waals surface area contributed by atoms with E-state index in [1.54, 1.807) is 0 Å². The van der Waals surface area contributed by atoms with Crippen LogP contribution in [-0.2, 0) is 11.0 Å². The Morgan fingerprint density at radius 1 is 1.24 bits per heavy atom. The molecule has 0 saturated carbocycles. The van der Waals surface area contributed by atoms with Crippen molar-refractivity contribution in [2.24, 2.45) is 16.6 Å². The van der Waals surface area contributed by atoms with Crippen molar-refractivity contribution >= 4 is 17.7 Å². The van der Waals surface area contributed by atoms with Crippen molar-refractivity contribution in [2.45, 2.75) is 31.5 Å². The second-order valence-electron chi connectivity index (χ2n) is 8.30. The number of aliphatic imine (C=N–C) groups is 1. The number of hydrogen-bond acceptors (Lipinski definition) is 7. The number of nitrogens with two attached hydrogens (primary N) is 1. The molecule has 3 rings (SSSR count). The summed E-state index contributed by atoms with van der Waals surface area (Å²) in [7, 11) is 1.33. The number of ether oxygens (including phenoxy) is 1. The van der Waals surface area contributed by atoms with Gasteiger partial charge >= 0.3 is 6.18 Å². The van der Waals surface area contributed by atoms with Crippen LogP contribution in [0.15, 0.2) is 35.3 Å². The lowest BCUT2D eigenvalue weighted by molar-refractivity contribution is -0.151. The van der Waals surface area contributed by atoms with Gasteiger partial charge in [-0.05, 0) is 12.0 Å². The fourth-order valence-corrected chi connectivity index (χ4v) is 3.77. The average molecular weight is 534 g/mol. The van der Waals surface area contributed by atoms with E-state index in [1.807, 2.05) is 0 Å². The van der Waals surface area contributed by atoms with Crippen LogP contribution in [-0.4, -0.2) is 64.1 Å². The molecule has 0 bridgehead atoms. The van der Waals surface area contributed by atoms with Gasteiger partial charge in [-0.25, -0.2) is 32.5 Å². The van der Waals surface area contributed by atoms with E-state index < -0.39 is 78.3 Å². The summed E-state index contributed by atoms with van der Waals surface area (Å²) in [5.74, 6) is -8.48. The van der Waals surface area contributed by atoms with Crippen LogP contribution in [0.2, 0.25) is 0 Å². The number of likely N-dealkylation sites (tertiary alicyclic amines) is 1. The molecular weight excluding hydrogens is 513 g/mol. The maximum absolute atomic E-state index is 14.4. The minimum atomic E-state index is -4.84. The van der Waals surface area contributed by atoms with E-state index in [2.05, 4.69) is 19.9 Å². The summed E-state index contributed by atoms with van der Waals surface area (Å²) < 4.78 is 99.8. The van der Waals surface area contributed by atoms with Crippen LogP contribution < -0.4 is 10.5 Å². The lowest BCUT2D eigenvalue weighted by atomic mass is 9.88. The lowest BCUT2D eigenvalue weighted by Gasteiger charge is -2.43. The molecule has 2 atom stereocenters. The Morgan fingerprint density at radius 2 is 1.89 bits per heavy atom. The summed E-state index contributed by atoms with van der Waals surface area (Å²) >= 11 is 0. The number of amides is 1. The molecule has 0 radical (unpaired) electrons. The summed E-state index contributed by atoms with van der Waals surface area (Å²) in [5, 5.41) is 0. The number of alkyl halides is 5. The second-order valence-corrected chi connectivity index (χ2v) is 8.30. The second kappa shape index (κ2) is 10.7. The van der Waals surface area contributed by atoms with E-state index >= 15 is 0 Å². The minimum Gasteiger partial charge on any atom is -0.473 e. The first kappa shape index (κ1) is 27.8. The monoisotopic (exact) mass is 534 g/mol.